The standard InChI is InChI=1S/C13H9FN2O/c14-10-4-2-1-3-9(10)13-15-7-8-5-6-11(17)12(8)16-13/h1-4,7H,5-6H2. The molecule has 0 radical (unpaired) electrons. The zero-order chi connectivity index (χ0) is 11.8. The number of hydrogen-bond donors (Lipinski definition) is 0. The fourth-order valence-corrected chi connectivity index (χ4v) is 1.97. The molecule has 1 aromatic carbocycles. The van der Waals surface area contributed by atoms with E-state index >= 15 is 0 Å². The SMILES string of the molecule is O=C1CCc2cnc(-c3ccccc3F)nc21. The first-order valence-corrected chi connectivity index (χ1v) is 5.40. The molecule has 4 heteroatoms. The number of halogens is 1. The summed E-state index contributed by atoms with van der Waals surface area (Å²) in [5.41, 5.74) is 1.63. The third-order valence-electron chi connectivity index (χ3n) is 2.86. The smallest absolute Gasteiger partial charge is 0.181 e. The molecule has 3 nitrogen and oxygen atoms in total. The Labute approximate surface area is 97.3 Å². The lowest BCUT2D eigenvalue weighted by Crippen LogP contribution is -2.00. The number of benzene rings is 1. The first-order valence-electron chi connectivity index (χ1n) is 5.40. The molecule has 0 fully saturated rings. The first-order chi connectivity index (χ1) is 8.25. The number of rotatable bonds is 1. The minimum Gasteiger partial charge on any atom is -0.292 e. The van der Waals surface area contributed by atoms with Gasteiger partial charge in [0.2, 0.25) is 0 Å². The monoisotopic (exact) mass is 228 g/mol. The number of hydrogen-bond acceptors (Lipinski definition) is 3. The zero-order valence-electron chi connectivity index (χ0n) is 8.98. The highest BCUT2D eigenvalue weighted by Gasteiger charge is 2.22. The summed E-state index contributed by atoms with van der Waals surface area (Å²) in [7, 11) is 0. The average molecular weight is 228 g/mol. The number of fused-ring (bicyclic) bond motifs is 1. The normalized spacial score (nSPS) is 13.8. The van der Waals surface area contributed by atoms with Crippen molar-refractivity contribution >= 4 is 5.78 Å². The molecule has 3 rings (SSSR count). The second kappa shape index (κ2) is 3.73. The number of aryl methyl sites for hydroxylation is 1. The lowest BCUT2D eigenvalue weighted by Gasteiger charge is -2.03. The molecule has 0 saturated heterocycles. The van der Waals surface area contributed by atoms with Crippen molar-refractivity contribution in [3.63, 3.8) is 0 Å². The van der Waals surface area contributed by atoms with Crippen LogP contribution in [-0.2, 0) is 6.42 Å². The van der Waals surface area contributed by atoms with Gasteiger partial charge in [-0.1, -0.05) is 12.1 Å². The van der Waals surface area contributed by atoms with Gasteiger partial charge in [0.25, 0.3) is 0 Å². The maximum Gasteiger partial charge on any atom is 0.181 e. The van der Waals surface area contributed by atoms with E-state index in [-0.39, 0.29) is 17.4 Å². The predicted molar refractivity (Wildman–Crippen MR) is 60.1 cm³/mol. The molecule has 1 aromatic heterocycles. The van der Waals surface area contributed by atoms with Crippen LogP contribution >= 0.6 is 0 Å². The maximum absolute atomic E-state index is 13.6. The Morgan fingerprint density at radius 3 is 2.82 bits per heavy atom. The Kier molecular flexibility index (Phi) is 2.21. The summed E-state index contributed by atoms with van der Waals surface area (Å²) >= 11 is 0. The highest BCUT2D eigenvalue weighted by atomic mass is 19.1. The second-order valence-corrected chi connectivity index (χ2v) is 3.97. The van der Waals surface area contributed by atoms with Crippen molar-refractivity contribution in [2.75, 3.05) is 0 Å². The van der Waals surface area contributed by atoms with Crippen molar-refractivity contribution in [1.29, 1.82) is 0 Å². The van der Waals surface area contributed by atoms with E-state index in [1.807, 2.05) is 0 Å². The lowest BCUT2D eigenvalue weighted by molar-refractivity contribution is 0.0990. The molecule has 0 bridgehead atoms. The van der Waals surface area contributed by atoms with Crippen LogP contribution in [0.25, 0.3) is 11.4 Å². The summed E-state index contributed by atoms with van der Waals surface area (Å²) in [6, 6.07) is 6.29. The Bertz CT molecular complexity index is 610. The van der Waals surface area contributed by atoms with Crippen LogP contribution in [0, 0.1) is 5.82 Å². The van der Waals surface area contributed by atoms with Crippen LogP contribution in [0.2, 0.25) is 0 Å². The van der Waals surface area contributed by atoms with Crippen LogP contribution in [0.3, 0.4) is 0 Å². The average Bonchev–Trinajstić information content (AvgIpc) is 2.71. The molecule has 0 spiro atoms. The molecule has 1 heterocycles. The number of carbonyl (C=O) groups is 1. The van der Waals surface area contributed by atoms with Crippen LogP contribution in [-0.4, -0.2) is 15.8 Å². The quantitative estimate of drug-likeness (QED) is 0.752. The van der Waals surface area contributed by atoms with Crippen LogP contribution in [0.15, 0.2) is 30.5 Å². The Hall–Kier alpha value is -2.10. The zero-order valence-corrected chi connectivity index (χ0v) is 8.98. The van der Waals surface area contributed by atoms with Gasteiger partial charge >= 0.3 is 0 Å². The van der Waals surface area contributed by atoms with Crippen molar-refractivity contribution < 1.29 is 9.18 Å². The number of nitrogens with zero attached hydrogens (tertiary/aromatic N) is 2. The summed E-state index contributed by atoms with van der Waals surface area (Å²) in [4.78, 5) is 19.8. The van der Waals surface area contributed by atoms with E-state index in [2.05, 4.69) is 9.97 Å². The summed E-state index contributed by atoms with van der Waals surface area (Å²) in [6.45, 7) is 0. The second-order valence-electron chi connectivity index (χ2n) is 3.97. The molecule has 17 heavy (non-hydrogen) atoms. The fraction of sp³-hybridized carbons (Fsp3) is 0.154. The van der Waals surface area contributed by atoms with E-state index in [0.29, 0.717) is 24.1 Å². The van der Waals surface area contributed by atoms with Gasteiger partial charge in [0.15, 0.2) is 11.6 Å². The molecular formula is C13H9FN2O. The van der Waals surface area contributed by atoms with Gasteiger partial charge in [-0.15, -0.1) is 0 Å². The highest BCUT2D eigenvalue weighted by molar-refractivity contribution is 5.98. The third-order valence-corrected chi connectivity index (χ3v) is 2.86. The lowest BCUT2D eigenvalue weighted by atomic mass is 10.2. The molecule has 1 aliphatic rings. The van der Waals surface area contributed by atoms with E-state index in [1.165, 1.54) is 6.07 Å². The number of carbonyl (C=O) groups excluding carboxylic acids is 1. The first kappa shape index (κ1) is 10.1. The van der Waals surface area contributed by atoms with Crippen LogP contribution in [0.5, 0.6) is 0 Å². The van der Waals surface area contributed by atoms with Crippen LogP contribution in [0.4, 0.5) is 4.39 Å². The molecule has 0 saturated carbocycles. The number of ketones is 1. The minimum atomic E-state index is -0.377. The highest BCUT2D eigenvalue weighted by Crippen LogP contribution is 2.24. The molecule has 2 aromatic rings. The van der Waals surface area contributed by atoms with Crippen molar-refractivity contribution in [1.82, 2.24) is 9.97 Å². The van der Waals surface area contributed by atoms with Gasteiger partial charge in [0.05, 0.1) is 5.56 Å². The molecule has 0 N–H and O–H groups in total. The summed E-state index contributed by atoms with van der Waals surface area (Å²) in [6.07, 6.45) is 2.78. The molecular weight excluding hydrogens is 219 g/mol. The van der Waals surface area contributed by atoms with Crippen molar-refractivity contribution in [3.8, 4) is 11.4 Å². The summed E-state index contributed by atoms with van der Waals surface area (Å²) in [5, 5.41) is 0. The van der Waals surface area contributed by atoms with Crippen molar-refractivity contribution in [2.24, 2.45) is 0 Å². The molecule has 0 unspecified atom stereocenters. The van der Waals surface area contributed by atoms with E-state index in [9.17, 15) is 9.18 Å². The predicted octanol–water partition coefficient (Wildman–Crippen LogP) is 2.41. The third kappa shape index (κ3) is 1.62. The van der Waals surface area contributed by atoms with Crippen LogP contribution in [0.1, 0.15) is 22.5 Å². The van der Waals surface area contributed by atoms with Gasteiger partial charge in [-0.2, -0.15) is 0 Å². The summed E-state index contributed by atoms with van der Waals surface area (Å²) < 4.78 is 13.6. The number of Topliss-reactive ketones (excluding diaryl/α,β-unsaturated/α-hetero) is 1. The van der Waals surface area contributed by atoms with Crippen LogP contribution < -0.4 is 0 Å². The molecule has 1 aliphatic carbocycles. The van der Waals surface area contributed by atoms with Crippen molar-refractivity contribution in [3.05, 3.63) is 47.5 Å². The van der Waals surface area contributed by atoms with Gasteiger partial charge in [0.1, 0.15) is 11.5 Å². The Balaban J connectivity index is 2.15. The fourth-order valence-electron chi connectivity index (χ4n) is 1.97. The van der Waals surface area contributed by atoms with Crippen molar-refractivity contribution in [2.45, 2.75) is 12.8 Å². The van der Waals surface area contributed by atoms with E-state index in [1.54, 1.807) is 24.4 Å². The maximum atomic E-state index is 13.6. The molecule has 84 valence electrons. The molecule has 0 atom stereocenters. The van der Waals surface area contributed by atoms with E-state index in [4.69, 9.17) is 0 Å². The van der Waals surface area contributed by atoms with Gasteiger partial charge < -0.3 is 0 Å². The van der Waals surface area contributed by atoms with Gasteiger partial charge in [-0.3, -0.25) is 4.79 Å². The van der Waals surface area contributed by atoms with Gasteiger partial charge in [-0.05, 0) is 18.6 Å². The molecule has 0 aliphatic heterocycles. The Morgan fingerprint density at radius 2 is 2.00 bits per heavy atom. The minimum absolute atomic E-state index is 0.0139. The Morgan fingerprint density at radius 1 is 1.18 bits per heavy atom. The molecule has 0 amide bonds. The van der Waals surface area contributed by atoms with E-state index < -0.39 is 0 Å². The van der Waals surface area contributed by atoms with Gasteiger partial charge in [0, 0.05) is 18.2 Å². The summed E-state index contributed by atoms with van der Waals surface area (Å²) in [5.74, 6) is -0.0880. The largest absolute Gasteiger partial charge is 0.292 e. The van der Waals surface area contributed by atoms with Gasteiger partial charge in [-0.25, -0.2) is 14.4 Å². The topological polar surface area (TPSA) is 42.9 Å². The number of aromatic nitrogens is 2. The van der Waals surface area contributed by atoms with E-state index in [0.717, 1.165) is 5.56 Å².